The van der Waals surface area contributed by atoms with E-state index in [0.29, 0.717) is 19.3 Å². The van der Waals surface area contributed by atoms with E-state index in [4.69, 9.17) is 14.2 Å². The van der Waals surface area contributed by atoms with E-state index in [1.54, 1.807) is 0 Å². The van der Waals surface area contributed by atoms with Crippen molar-refractivity contribution in [1.82, 2.24) is 0 Å². The van der Waals surface area contributed by atoms with Gasteiger partial charge in [-0.25, -0.2) is 0 Å². The van der Waals surface area contributed by atoms with E-state index in [9.17, 15) is 14.4 Å². The molecule has 0 spiro atoms. The third kappa shape index (κ3) is 59.3. The fourth-order valence-corrected chi connectivity index (χ4v) is 10.2. The second kappa shape index (κ2) is 57.1. The zero-order valence-electron chi connectivity index (χ0n) is 49.7. The summed E-state index contributed by atoms with van der Waals surface area (Å²) >= 11 is 0. The highest BCUT2D eigenvalue weighted by atomic mass is 16.6. The summed E-state index contributed by atoms with van der Waals surface area (Å²) in [6, 6.07) is 0. The van der Waals surface area contributed by atoms with Gasteiger partial charge in [0.25, 0.3) is 0 Å². The standard InChI is InChI=1S/C66H128O6/c1-60(2)52-46-40-34-28-22-16-11-7-9-13-19-25-31-37-43-49-55-64(67)70-58-63(59-71-65(68)56-50-44-38-32-26-21-15-18-24-30-36-42-48-54-62(5)6)72-66(69)57-51-45-39-33-27-20-14-10-8-12-17-23-29-35-41-47-53-61(3)4/h60-63H,7-59H2,1-6H3/t63-/m0/s1. The van der Waals surface area contributed by atoms with Crippen molar-refractivity contribution in [3.05, 3.63) is 0 Å². The first kappa shape index (κ1) is 70.4. The molecule has 0 aliphatic carbocycles. The van der Waals surface area contributed by atoms with Gasteiger partial charge in [-0.1, -0.05) is 330 Å². The Balaban J connectivity index is 4.29. The smallest absolute Gasteiger partial charge is 0.306 e. The largest absolute Gasteiger partial charge is 0.462 e. The highest BCUT2D eigenvalue weighted by Crippen LogP contribution is 2.19. The number of carbonyl (C=O) groups excluding carboxylic acids is 3. The molecule has 0 saturated carbocycles. The molecule has 6 nitrogen and oxygen atoms in total. The molecular weight excluding hydrogens is 889 g/mol. The summed E-state index contributed by atoms with van der Waals surface area (Å²) in [5, 5.41) is 0. The molecule has 0 heterocycles. The molecule has 0 aliphatic heterocycles. The fourth-order valence-electron chi connectivity index (χ4n) is 10.2. The summed E-state index contributed by atoms with van der Waals surface area (Å²) in [7, 11) is 0. The Morgan fingerprint density at radius 3 is 0.597 bits per heavy atom. The highest BCUT2D eigenvalue weighted by Gasteiger charge is 2.19. The van der Waals surface area contributed by atoms with Gasteiger partial charge >= 0.3 is 17.9 Å². The summed E-state index contributed by atoms with van der Waals surface area (Å²) in [6.45, 7) is 13.8. The molecule has 0 N–H and O–H groups in total. The molecule has 428 valence electrons. The van der Waals surface area contributed by atoms with Crippen LogP contribution in [0.25, 0.3) is 0 Å². The van der Waals surface area contributed by atoms with E-state index in [1.165, 1.54) is 250 Å². The van der Waals surface area contributed by atoms with Crippen LogP contribution in [0.5, 0.6) is 0 Å². The van der Waals surface area contributed by atoms with Crippen molar-refractivity contribution in [2.24, 2.45) is 17.8 Å². The lowest BCUT2D eigenvalue weighted by molar-refractivity contribution is -0.167. The number of hydrogen-bond acceptors (Lipinski definition) is 6. The van der Waals surface area contributed by atoms with Gasteiger partial charge in [0, 0.05) is 19.3 Å². The Labute approximate surface area is 450 Å². The van der Waals surface area contributed by atoms with Crippen LogP contribution in [0, 0.1) is 17.8 Å². The summed E-state index contributed by atoms with van der Waals surface area (Å²) < 4.78 is 17.0. The van der Waals surface area contributed by atoms with Crippen molar-refractivity contribution in [1.29, 1.82) is 0 Å². The highest BCUT2D eigenvalue weighted by molar-refractivity contribution is 5.71. The lowest BCUT2D eigenvalue weighted by atomic mass is 10.0. The molecular formula is C66H128O6. The van der Waals surface area contributed by atoms with Crippen LogP contribution in [0.3, 0.4) is 0 Å². The molecule has 0 saturated heterocycles. The Morgan fingerprint density at radius 2 is 0.403 bits per heavy atom. The van der Waals surface area contributed by atoms with Crippen LogP contribution in [-0.2, 0) is 28.6 Å². The summed E-state index contributed by atoms with van der Waals surface area (Å²) in [6.07, 6.45) is 62.5. The molecule has 0 bridgehead atoms. The molecule has 6 heteroatoms. The second-order valence-electron chi connectivity index (χ2n) is 24.2. The first-order valence-corrected chi connectivity index (χ1v) is 32.6. The number of carbonyl (C=O) groups is 3. The van der Waals surface area contributed by atoms with Crippen LogP contribution < -0.4 is 0 Å². The molecule has 0 aromatic carbocycles. The summed E-state index contributed by atoms with van der Waals surface area (Å²) in [5.74, 6) is 1.71. The van der Waals surface area contributed by atoms with E-state index in [0.717, 1.165) is 75.5 Å². The minimum atomic E-state index is -0.765. The van der Waals surface area contributed by atoms with Crippen molar-refractivity contribution >= 4 is 17.9 Å². The zero-order chi connectivity index (χ0) is 52.6. The maximum atomic E-state index is 12.9. The summed E-state index contributed by atoms with van der Waals surface area (Å²) in [4.78, 5) is 38.3. The molecule has 0 amide bonds. The van der Waals surface area contributed by atoms with Crippen LogP contribution in [-0.4, -0.2) is 37.2 Å². The monoisotopic (exact) mass is 1020 g/mol. The minimum Gasteiger partial charge on any atom is -0.462 e. The fraction of sp³-hybridized carbons (Fsp3) is 0.955. The molecule has 0 aromatic rings. The van der Waals surface area contributed by atoms with Crippen LogP contribution in [0.2, 0.25) is 0 Å². The van der Waals surface area contributed by atoms with Gasteiger partial charge in [0.05, 0.1) is 0 Å². The van der Waals surface area contributed by atoms with E-state index >= 15 is 0 Å². The number of ether oxygens (including phenoxy) is 3. The van der Waals surface area contributed by atoms with Crippen LogP contribution >= 0.6 is 0 Å². The minimum absolute atomic E-state index is 0.0623. The predicted octanol–water partition coefficient (Wildman–Crippen LogP) is 21.8. The predicted molar refractivity (Wildman–Crippen MR) is 312 cm³/mol. The first-order valence-electron chi connectivity index (χ1n) is 32.6. The lowest BCUT2D eigenvalue weighted by Crippen LogP contribution is -2.30. The number of hydrogen-bond donors (Lipinski definition) is 0. The van der Waals surface area contributed by atoms with Gasteiger partial charge in [-0.2, -0.15) is 0 Å². The molecule has 72 heavy (non-hydrogen) atoms. The Bertz CT molecular complexity index is 1120. The van der Waals surface area contributed by atoms with E-state index in [-0.39, 0.29) is 31.1 Å². The normalized spacial score (nSPS) is 12.1. The van der Waals surface area contributed by atoms with Gasteiger partial charge in [-0.05, 0) is 37.0 Å². The molecule has 0 rings (SSSR count). The van der Waals surface area contributed by atoms with Gasteiger partial charge in [0.15, 0.2) is 6.10 Å². The van der Waals surface area contributed by atoms with Crippen molar-refractivity contribution < 1.29 is 28.6 Å². The van der Waals surface area contributed by atoms with Crippen molar-refractivity contribution in [3.8, 4) is 0 Å². The van der Waals surface area contributed by atoms with Gasteiger partial charge in [0.2, 0.25) is 0 Å². The maximum absolute atomic E-state index is 12.9. The van der Waals surface area contributed by atoms with Crippen LogP contribution in [0.1, 0.15) is 369 Å². The topological polar surface area (TPSA) is 78.9 Å². The molecule has 0 aromatic heterocycles. The van der Waals surface area contributed by atoms with Gasteiger partial charge in [-0.15, -0.1) is 0 Å². The summed E-state index contributed by atoms with van der Waals surface area (Å²) in [5.41, 5.74) is 0. The maximum Gasteiger partial charge on any atom is 0.306 e. The van der Waals surface area contributed by atoms with Gasteiger partial charge in [-0.3, -0.25) is 14.4 Å². The van der Waals surface area contributed by atoms with E-state index in [2.05, 4.69) is 41.5 Å². The average Bonchev–Trinajstić information content (AvgIpc) is 3.34. The van der Waals surface area contributed by atoms with E-state index in [1.807, 2.05) is 0 Å². The van der Waals surface area contributed by atoms with Gasteiger partial charge < -0.3 is 14.2 Å². The zero-order valence-corrected chi connectivity index (χ0v) is 49.7. The van der Waals surface area contributed by atoms with Crippen molar-refractivity contribution in [2.45, 2.75) is 375 Å². The molecule has 0 aliphatic rings. The molecule has 0 unspecified atom stereocenters. The average molecular weight is 1020 g/mol. The van der Waals surface area contributed by atoms with E-state index < -0.39 is 6.10 Å². The first-order chi connectivity index (χ1) is 35.1. The number of esters is 3. The Hall–Kier alpha value is -1.59. The van der Waals surface area contributed by atoms with Gasteiger partial charge in [0.1, 0.15) is 13.2 Å². The van der Waals surface area contributed by atoms with Crippen molar-refractivity contribution in [2.75, 3.05) is 13.2 Å². The van der Waals surface area contributed by atoms with Crippen LogP contribution in [0.4, 0.5) is 0 Å². The molecule has 1 atom stereocenters. The molecule has 0 radical (unpaired) electrons. The quantitative estimate of drug-likeness (QED) is 0.0343. The lowest BCUT2D eigenvalue weighted by Gasteiger charge is -2.18. The third-order valence-electron chi connectivity index (χ3n) is 15.1. The number of rotatable bonds is 59. The van der Waals surface area contributed by atoms with Crippen LogP contribution in [0.15, 0.2) is 0 Å². The third-order valence-corrected chi connectivity index (χ3v) is 15.1. The number of unbranched alkanes of at least 4 members (excludes halogenated alkanes) is 42. The second-order valence-corrected chi connectivity index (χ2v) is 24.2. The Kier molecular flexibility index (Phi) is 55.9. The van der Waals surface area contributed by atoms with Crippen molar-refractivity contribution in [3.63, 3.8) is 0 Å². The Morgan fingerprint density at radius 1 is 0.236 bits per heavy atom. The SMILES string of the molecule is CC(C)CCCCCCCCCCCCCCCCCCC(=O)OC[C@@H](COC(=O)CCCCCCCCCCCCCCCC(C)C)OC(=O)CCCCCCCCCCCCCCCCCCC(C)C. The molecule has 0 fully saturated rings.